The van der Waals surface area contributed by atoms with E-state index in [1.54, 1.807) is 12.1 Å². The number of halogens is 2. The fraction of sp³-hybridized carbons (Fsp3) is 0.444. The van der Waals surface area contributed by atoms with E-state index in [1.807, 2.05) is 17.9 Å². The lowest BCUT2D eigenvalue weighted by Gasteiger charge is -2.23. The molecule has 5 nitrogen and oxygen atoms in total. The molecular weight excluding hydrogens is 330 g/mol. The van der Waals surface area contributed by atoms with Gasteiger partial charge < -0.3 is 14.4 Å². The van der Waals surface area contributed by atoms with Gasteiger partial charge in [-0.1, -0.05) is 13.0 Å². The molecule has 0 bridgehead atoms. The van der Waals surface area contributed by atoms with Crippen LogP contribution in [0.5, 0.6) is 5.75 Å². The minimum atomic E-state index is -2.84. The van der Waals surface area contributed by atoms with Crippen LogP contribution in [0, 0.1) is 0 Å². The third-order valence-corrected chi connectivity index (χ3v) is 3.75. The maximum absolute atomic E-state index is 12.2. The second kappa shape index (κ2) is 9.15. The van der Waals surface area contributed by atoms with Gasteiger partial charge in [0, 0.05) is 18.5 Å². The highest BCUT2D eigenvalue weighted by molar-refractivity contribution is 5.91. The van der Waals surface area contributed by atoms with Crippen molar-refractivity contribution in [3.05, 3.63) is 35.9 Å². The first-order valence-corrected chi connectivity index (χ1v) is 8.18. The van der Waals surface area contributed by atoms with Crippen molar-refractivity contribution < 1.29 is 23.0 Å². The number of benzene rings is 1. The highest BCUT2D eigenvalue weighted by atomic mass is 19.3. The fourth-order valence-electron chi connectivity index (χ4n) is 2.56. The number of amidine groups is 1. The van der Waals surface area contributed by atoms with Crippen molar-refractivity contribution in [3.8, 4) is 5.75 Å². The zero-order valence-corrected chi connectivity index (χ0v) is 14.4. The molecule has 1 aliphatic rings. The Labute approximate surface area is 145 Å². The summed E-state index contributed by atoms with van der Waals surface area (Å²) < 4.78 is 33.6. The molecule has 0 aromatic heterocycles. The summed E-state index contributed by atoms with van der Waals surface area (Å²) in [6.07, 6.45) is 4.33. The van der Waals surface area contributed by atoms with Crippen LogP contribution < -0.4 is 4.74 Å². The maximum atomic E-state index is 12.2. The normalized spacial score (nSPS) is 14.7. The molecule has 1 heterocycles. The first-order valence-electron chi connectivity index (χ1n) is 8.18. The van der Waals surface area contributed by atoms with Crippen LogP contribution in [0.4, 0.5) is 8.78 Å². The molecule has 0 fully saturated rings. The second-order valence-electron chi connectivity index (χ2n) is 5.56. The highest BCUT2D eigenvalue weighted by Crippen LogP contribution is 2.24. The van der Waals surface area contributed by atoms with Crippen molar-refractivity contribution in [1.82, 2.24) is 4.90 Å². The first kappa shape index (κ1) is 18.9. The van der Waals surface area contributed by atoms with Gasteiger partial charge in [-0.25, -0.2) is 4.99 Å². The van der Waals surface area contributed by atoms with Gasteiger partial charge in [0.1, 0.15) is 18.1 Å². The van der Waals surface area contributed by atoms with Crippen molar-refractivity contribution in [2.45, 2.75) is 32.8 Å². The lowest BCUT2D eigenvalue weighted by Crippen LogP contribution is -2.36. The van der Waals surface area contributed by atoms with Gasteiger partial charge >= 0.3 is 12.6 Å². The van der Waals surface area contributed by atoms with Gasteiger partial charge in [-0.3, -0.25) is 4.79 Å². The third kappa shape index (κ3) is 5.55. The summed E-state index contributed by atoms with van der Waals surface area (Å²) in [5, 5.41) is 0. The molecule has 136 valence electrons. The number of ether oxygens (including phenoxy) is 2. The number of alkyl halides is 2. The predicted molar refractivity (Wildman–Crippen MR) is 91.6 cm³/mol. The van der Waals surface area contributed by atoms with Crippen LogP contribution in [0.2, 0.25) is 0 Å². The Hall–Kier alpha value is -2.44. The molecule has 0 saturated heterocycles. The zero-order chi connectivity index (χ0) is 18.2. The summed E-state index contributed by atoms with van der Waals surface area (Å²) in [5.74, 6) is 0.628. The smallest absolute Gasteiger partial charge is 0.387 e. The summed E-state index contributed by atoms with van der Waals surface area (Å²) in [4.78, 5) is 18.2. The lowest BCUT2D eigenvalue weighted by atomic mass is 10.1. The van der Waals surface area contributed by atoms with Gasteiger partial charge in [-0.05, 0) is 37.1 Å². The van der Waals surface area contributed by atoms with Gasteiger partial charge in [-0.15, -0.1) is 0 Å². The number of rotatable bonds is 7. The molecule has 1 aromatic carbocycles. The number of nitrogens with zero attached hydrogens (tertiary/aromatic N) is 2. The summed E-state index contributed by atoms with van der Waals surface area (Å²) in [7, 11) is 1.36. The highest BCUT2D eigenvalue weighted by Gasteiger charge is 2.18. The molecule has 25 heavy (non-hydrogen) atoms. The van der Waals surface area contributed by atoms with Crippen LogP contribution in [0.15, 0.2) is 35.3 Å². The van der Waals surface area contributed by atoms with Crippen LogP contribution in [0.25, 0.3) is 5.70 Å². The molecular formula is C18H22F2N2O3. The molecule has 0 unspecified atom stereocenters. The number of esters is 1. The minimum Gasteiger partial charge on any atom is -0.468 e. The molecule has 2 rings (SSSR count). The summed E-state index contributed by atoms with van der Waals surface area (Å²) in [6, 6.07) is 6.39. The van der Waals surface area contributed by atoms with E-state index in [1.165, 1.54) is 19.2 Å². The first-order chi connectivity index (χ1) is 12.0. The van der Waals surface area contributed by atoms with Crippen molar-refractivity contribution >= 4 is 17.5 Å². The largest absolute Gasteiger partial charge is 0.468 e. The van der Waals surface area contributed by atoms with Crippen LogP contribution in [0.1, 0.15) is 31.7 Å². The number of aliphatic imine (C=N–C) groups is 1. The van der Waals surface area contributed by atoms with E-state index < -0.39 is 6.61 Å². The number of hydrogen-bond acceptors (Lipinski definition) is 5. The Morgan fingerprint density at radius 2 is 2.04 bits per heavy atom. The molecule has 1 aliphatic heterocycles. The average molecular weight is 352 g/mol. The average Bonchev–Trinajstić information content (AvgIpc) is 2.78. The van der Waals surface area contributed by atoms with Gasteiger partial charge in [-0.2, -0.15) is 8.78 Å². The van der Waals surface area contributed by atoms with Crippen LogP contribution in [-0.4, -0.2) is 43.5 Å². The fourth-order valence-corrected chi connectivity index (χ4v) is 2.56. The molecule has 0 radical (unpaired) electrons. The van der Waals surface area contributed by atoms with Gasteiger partial charge in [0.05, 0.1) is 12.8 Å². The Balaban J connectivity index is 2.21. The third-order valence-electron chi connectivity index (χ3n) is 3.75. The zero-order valence-electron chi connectivity index (χ0n) is 14.4. The summed E-state index contributed by atoms with van der Waals surface area (Å²) >= 11 is 0. The summed E-state index contributed by atoms with van der Waals surface area (Å²) in [5.41, 5.74) is 1.58. The SMILES string of the molecule is CCCC1=NC(c2ccc(OC(F)F)cc2)=CCCN1CC(=O)OC. The number of methoxy groups -OCH3 is 1. The monoisotopic (exact) mass is 352 g/mol. The quantitative estimate of drug-likeness (QED) is 0.702. The van der Waals surface area contributed by atoms with E-state index >= 15 is 0 Å². The number of carbonyl (C=O) groups is 1. The van der Waals surface area contributed by atoms with E-state index in [0.717, 1.165) is 36.4 Å². The van der Waals surface area contributed by atoms with E-state index in [2.05, 4.69) is 4.74 Å². The van der Waals surface area contributed by atoms with Crippen molar-refractivity contribution in [3.63, 3.8) is 0 Å². The Bertz CT molecular complexity index is 642. The van der Waals surface area contributed by atoms with Crippen molar-refractivity contribution in [2.24, 2.45) is 4.99 Å². The molecule has 0 aliphatic carbocycles. The van der Waals surface area contributed by atoms with Gasteiger partial charge in [0.15, 0.2) is 0 Å². The Morgan fingerprint density at radius 1 is 1.32 bits per heavy atom. The van der Waals surface area contributed by atoms with Gasteiger partial charge in [0.2, 0.25) is 0 Å². The van der Waals surface area contributed by atoms with E-state index in [-0.39, 0.29) is 18.3 Å². The molecule has 0 saturated carbocycles. The Kier molecular flexibility index (Phi) is 6.91. The lowest BCUT2D eigenvalue weighted by molar-refractivity contribution is -0.141. The summed E-state index contributed by atoms with van der Waals surface area (Å²) in [6.45, 7) is 0.0367. The number of hydrogen-bond donors (Lipinski definition) is 0. The van der Waals surface area contributed by atoms with E-state index in [0.29, 0.717) is 6.54 Å². The standard InChI is InChI=1S/C18H22F2N2O3/c1-3-5-16-21-15(6-4-11-22(16)12-17(23)24-2)13-7-9-14(10-8-13)25-18(19)20/h6-10,18H,3-5,11-12H2,1-2H3. The second-order valence-corrected chi connectivity index (χ2v) is 5.56. The number of carbonyl (C=O) groups excluding carboxylic acids is 1. The van der Waals surface area contributed by atoms with Crippen molar-refractivity contribution in [2.75, 3.05) is 20.2 Å². The predicted octanol–water partition coefficient (Wildman–Crippen LogP) is 3.71. The maximum Gasteiger partial charge on any atom is 0.387 e. The van der Waals surface area contributed by atoms with E-state index in [9.17, 15) is 13.6 Å². The topological polar surface area (TPSA) is 51.1 Å². The molecule has 0 spiro atoms. The molecule has 7 heteroatoms. The molecule has 0 N–H and O–H groups in total. The van der Waals surface area contributed by atoms with Crippen LogP contribution in [0.3, 0.4) is 0 Å². The Morgan fingerprint density at radius 3 is 2.64 bits per heavy atom. The van der Waals surface area contributed by atoms with Crippen LogP contribution >= 0.6 is 0 Å². The minimum absolute atomic E-state index is 0.109. The molecule has 1 aromatic rings. The van der Waals surface area contributed by atoms with Crippen molar-refractivity contribution in [1.29, 1.82) is 0 Å². The molecule has 0 amide bonds. The van der Waals surface area contributed by atoms with Gasteiger partial charge in [0.25, 0.3) is 0 Å². The molecule has 0 atom stereocenters. The van der Waals surface area contributed by atoms with Crippen LogP contribution in [-0.2, 0) is 9.53 Å². The van der Waals surface area contributed by atoms with E-state index in [4.69, 9.17) is 9.73 Å².